The Kier molecular flexibility index (Phi) is 3.49. The Bertz CT molecular complexity index is 356. The van der Waals surface area contributed by atoms with Crippen LogP contribution in [0, 0.1) is 0 Å². The monoisotopic (exact) mass is 237 g/mol. The van der Waals surface area contributed by atoms with Gasteiger partial charge in [0, 0.05) is 19.6 Å². The van der Waals surface area contributed by atoms with Crippen LogP contribution >= 0.6 is 0 Å². The lowest BCUT2D eigenvalue weighted by Gasteiger charge is -2.29. The highest BCUT2D eigenvalue weighted by molar-refractivity contribution is 5.21. The fourth-order valence-electron chi connectivity index (χ4n) is 2.30. The summed E-state index contributed by atoms with van der Waals surface area (Å²) in [7, 11) is 0. The molecular weight excluding hydrogens is 218 g/mol. The van der Waals surface area contributed by atoms with Crippen molar-refractivity contribution >= 4 is 0 Å². The Balaban J connectivity index is 2.03. The molecule has 1 aromatic rings. The van der Waals surface area contributed by atoms with Crippen molar-refractivity contribution in [2.24, 2.45) is 0 Å². The summed E-state index contributed by atoms with van der Waals surface area (Å²) in [4.78, 5) is 1.88. The molecule has 0 amide bonds. The van der Waals surface area contributed by atoms with Crippen LogP contribution < -0.4 is 0 Å². The SMILES string of the molecule is CC(O)(CN1C[C@@H](O)[C@@H](O)C1)c1ccccc1. The summed E-state index contributed by atoms with van der Waals surface area (Å²) in [5.74, 6) is 0. The zero-order chi connectivity index (χ0) is 12.5. The molecule has 94 valence electrons. The van der Waals surface area contributed by atoms with Crippen LogP contribution in [0.2, 0.25) is 0 Å². The van der Waals surface area contributed by atoms with E-state index in [4.69, 9.17) is 0 Å². The van der Waals surface area contributed by atoms with Gasteiger partial charge >= 0.3 is 0 Å². The number of nitrogens with zero attached hydrogens (tertiary/aromatic N) is 1. The lowest BCUT2D eigenvalue weighted by molar-refractivity contribution is 0.0189. The van der Waals surface area contributed by atoms with Gasteiger partial charge in [0.2, 0.25) is 0 Å². The second-order valence-corrected chi connectivity index (χ2v) is 4.97. The molecule has 0 aromatic heterocycles. The van der Waals surface area contributed by atoms with Crippen LogP contribution in [-0.4, -0.2) is 52.1 Å². The minimum Gasteiger partial charge on any atom is -0.389 e. The smallest absolute Gasteiger partial charge is 0.0994 e. The summed E-state index contributed by atoms with van der Waals surface area (Å²) < 4.78 is 0. The highest BCUT2D eigenvalue weighted by Gasteiger charge is 2.34. The first-order chi connectivity index (χ1) is 7.99. The van der Waals surface area contributed by atoms with Crippen LogP contribution in [0.1, 0.15) is 12.5 Å². The molecule has 0 radical (unpaired) electrons. The number of rotatable bonds is 3. The predicted octanol–water partition coefficient (Wildman–Crippen LogP) is -0.0685. The number of aliphatic hydroxyl groups is 3. The van der Waals surface area contributed by atoms with Gasteiger partial charge in [0.1, 0.15) is 0 Å². The molecule has 17 heavy (non-hydrogen) atoms. The summed E-state index contributed by atoms with van der Waals surface area (Å²) in [5, 5.41) is 29.3. The predicted molar refractivity (Wildman–Crippen MR) is 64.5 cm³/mol. The Morgan fingerprint density at radius 3 is 2.24 bits per heavy atom. The summed E-state index contributed by atoms with van der Waals surface area (Å²) in [6.45, 7) is 2.97. The average molecular weight is 237 g/mol. The minimum absolute atomic E-state index is 0.407. The summed E-state index contributed by atoms with van der Waals surface area (Å²) in [6.07, 6.45) is -1.41. The zero-order valence-corrected chi connectivity index (χ0v) is 9.95. The van der Waals surface area contributed by atoms with Gasteiger partial charge < -0.3 is 15.3 Å². The number of likely N-dealkylation sites (tertiary alicyclic amines) is 1. The van der Waals surface area contributed by atoms with Gasteiger partial charge in [0.05, 0.1) is 17.8 Å². The number of hydrogen-bond acceptors (Lipinski definition) is 4. The number of aliphatic hydroxyl groups excluding tert-OH is 2. The van der Waals surface area contributed by atoms with E-state index in [-0.39, 0.29) is 0 Å². The molecule has 4 heteroatoms. The summed E-state index contributed by atoms with van der Waals surface area (Å²) >= 11 is 0. The second kappa shape index (κ2) is 4.74. The van der Waals surface area contributed by atoms with Crippen LogP contribution in [-0.2, 0) is 5.60 Å². The van der Waals surface area contributed by atoms with E-state index >= 15 is 0 Å². The first-order valence-corrected chi connectivity index (χ1v) is 5.85. The van der Waals surface area contributed by atoms with Gasteiger partial charge in [-0.1, -0.05) is 30.3 Å². The van der Waals surface area contributed by atoms with Crippen molar-refractivity contribution in [2.45, 2.75) is 24.7 Å². The van der Waals surface area contributed by atoms with Gasteiger partial charge in [0.25, 0.3) is 0 Å². The molecule has 1 saturated heterocycles. The first-order valence-electron chi connectivity index (χ1n) is 5.85. The molecule has 1 unspecified atom stereocenters. The standard InChI is InChI=1S/C13H19NO3/c1-13(17,10-5-3-2-4-6-10)9-14-7-11(15)12(16)8-14/h2-6,11-12,15-17H,7-9H2,1H3/t11-,12+,13?. The molecule has 2 rings (SSSR count). The van der Waals surface area contributed by atoms with Crippen molar-refractivity contribution in [3.63, 3.8) is 0 Å². The van der Waals surface area contributed by atoms with Crippen LogP contribution in [0.5, 0.6) is 0 Å². The molecule has 1 fully saturated rings. The van der Waals surface area contributed by atoms with Crippen LogP contribution in [0.15, 0.2) is 30.3 Å². The average Bonchev–Trinajstić information content (AvgIpc) is 2.58. The van der Waals surface area contributed by atoms with Gasteiger partial charge in [-0.15, -0.1) is 0 Å². The van der Waals surface area contributed by atoms with Crippen LogP contribution in [0.4, 0.5) is 0 Å². The normalized spacial score (nSPS) is 29.2. The Morgan fingerprint density at radius 2 is 1.71 bits per heavy atom. The van der Waals surface area contributed by atoms with Crippen molar-refractivity contribution in [2.75, 3.05) is 19.6 Å². The minimum atomic E-state index is -0.967. The molecule has 0 aliphatic carbocycles. The molecule has 1 aliphatic rings. The van der Waals surface area contributed by atoms with E-state index in [9.17, 15) is 15.3 Å². The number of hydrogen-bond donors (Lipinski definition) is 3. The quantitative estimate of drug-likeness (QED) is 0.688. The fraction of sp³-hybridized carbons (Fsp3) is 0.538. The lowest BCUT2D eigenvalue weighted by Crippen LogP contribution is -2.38. The van der Waals surface area contributed by atoms with E-state index in [0.717, 1.165) is 5.56 Å². The molecule has 0 bridgehead atoms. The lowest BCUT2D eigenvalue weighted by atomic mass is 9.95. The van der Waals surface area contributed by atoms with E-state index in [2.05, 4.69) is 0 Å². The van der Waals surface area contributed by atoms with Crippen LogP contribution in [0.25, 0.3) is 0 Å². The second-order valence-electron chi connectivity index (χ2n) is 4.97. The third-order valence-corrected chi connectivity index (χ3v) is 3.26. The highest BCUT2D eigenvalue weighted by Crippen LogP contribution is 2.23. The van der Waals surface area contributed by atoms with E-state index in [1.165, 1.54) is 0 Å². The maximum atomic E-state index is 10.4. The van der Waals surface area contributed by atoms with Crippen LogP contribution in [0.3, 0.4) is 0 Å². The maximum absolute atomic E-state index is 10.4. The molecule has 4 nitrogen and oxygen atoms in total. The molecule has 1 aliphatic heterocycles. The van der Waals surface area contributed by atoms with Crippen molar-refractivity contribution in [3.8, 4) is 0 Å². The highest BCUT2D eigenvalue weighted by atomic mass is 16.3. The van der Waals surface area contributed by atoms with Gasteiger partial charge in [-0.3, -0.25) is 4.90 Å². The fourth-order valence-corrected chi connectivity index (χ4v) is 2.30. The maximum Gasteiger partial charge on any atom is 0.0994 e. The van der Waals surface area contributed by atoms with Crippen molar-refractivity contribution in [1.29, 1.82) is 0 Å². The van der Waals surface area contributed by atoms with E-state index in [1.54, 1.807) is 6.92 Å². The Morgan fingerprint density at radius 1 is 1.18 bits per heavy atom. The van der Waals surface area contributed by atoms with Crippen molar-refractivity contribution < 1.29 is 15.3 Å². The molecule has 0 spiro atoms. The van der Waals surface area contributed by atoms with Gasteiger partial charge in [-0.2, -0.15) is 0 Å². The Hall–Kier alpha value is -0.940. The topological polar surface area (TPSA) is 63.9 Å². The molecule has 1 aromatic carbocycles. The zero-order valence-electron chi connectivity index (χ0n) is 9.95. The Labute approximate surface area is 101 Å². The van der Waals surface area contributed by atoms with Crippen molar-refractivity contribution in [1.82, 2.24) is 4.90 Å². The number of β-amino-alcohol motifs (C(OH)–C–C–N with tert-alkyl or cyclic N) is 3. The van der Waals surface area contributed by atoms with Gasteiger partial charge in [-0.25, -0.2) is 0 Å². The first kappa shape index (κ1) is 12.5. The molecule has 1 heterocycles. The number of benzene rings is 1. The van der Waals surface area contributed by atoms with E-state index in [1.807, 2.05) is 35.2 Å². The molecule has 0 saturated carbocycles. The van der Waals surface area contributed by atoms with Crippen molar-refractivity contribution in [3.05, 3.63) is 35.9 Å². The summed E-state index contributed by atoms with van der Waals surface area (Å²) in [6, 6.07) is 9.43. The van der Waals surface area contributed by atoms with Gasteiger partial charge in [0.15, 0.2) is 0 Å². The molecule has 3 atom stereocenters. The molecule has 3 N–H and O–H groups in total. The van der Waals surface area contributed by atoms with E-state index < -0.39 is 17.8 Å². The largest absolute Gasteiger partial charge is 0.389 e. The molecular formula is C13H19NO3. The third kappa shape index (κ3) is 2.84. The third-order valence-electron chi connectivity index (χ3n) is 3.26. The van der Waals surface area contributed by atoms with E-state index in [0.29, 0.717) is 19.6 Å². The van der Waals surface area contributed by atoms with Gasteiger partial charge in [-0.05, 0) is 12.5 Å². The summed E-state index contributed by atoms with van der Waals surface area (Å²) in [5.41, 5.74) is -0.124.